The number of halogens is 1. The van der Waals surface area contributed by atoms with Crippen LogP contribution in [0.3, 0.4) is 0 Å². The van der Waals surface area contributed by atoms with Gasteiger partial charge < -0.3 is 10.1 Å². The lowest BCUT2D eigenvalue weighted by atomic mass is 9.99. The first-order valence-corrected chi connectivity index (χ1v) is 8.17. The lowest BCUT2D eigenvalue weighted by Gasteiger charge is -2.19. The van der Waals surface area contributed by atoms with Crippen molar-refractivity contribution in [3.63, 3.8) is 0 Å². The maximum atomic E-state index is 11.7. The van der Waals surface area contributed by atoms with E-state index in [-0.39, 0.29) is 5.91 Å². The quantitative estimate of drug-likeness (QED) is 0.694. The fourth-order valence-corrected chi connectivity index (χ4v) is 2.95. The number of ether oxygens (including phenoxy) is 1. The summed E-state index contributed by atoms with van der Waals surface area (Å²) in [6.45, 7) is 5.44. The number of para-hydroxylation sites is 1. The first-order chi connectivity index (χ1) is 9.67. The van der Waals surface area contributed by atoms with Gasteiger partial charge in [0.15, 0.2) is 0 Å². The summed E-state index contributed by atoms with van der Waals surface area (Å²) in [5.41, 5.74) is 0. The smallest absolute Gasteiger partial charge is 0.223 e. The van der Waals surface area contributed by atoms with Gasteiger partial charge >= 0.3 is 0 Å². The molecule has 0 aliphatic rings. The second kappa shape index (κ2) is 9.81. The van der Waals surface area contributed by atoms with Crippen molar-refractivity contribution in [2.45, 2.75) is 37.9 Å². The number of alkyl halides is 1. The van der Waals surface area contributed by atoms with Crippen LogP contribution in [0.2, 0.25) is 0 Å². The van der Waals surface area contributed by atoms with Gasteiger partial charge in [-0.15, -0.1) is 0 Å². The third kappa shape index (κ3) is 6.42. The van der Waals surface area contributed by atoms with E-state index in [1.807, 2.05) is 30.3 Å². The molecule has 0 saturated carbocycles. The second-order valence-electron chi connectivity index (χ2n) is 4.81. The zero-order chi connectivity index (χ0) is 14.8. The van der Waals surface area contributed by atoms with E-state index in [0.29, 0.717) is 30.3 Å². The average Bonchev–Trinajstić information content (AvgIpc) is 2.47. The Hall–Kier alpha value is -1.03. The molecule has 112 valence electrons. The molecule has 0 aliphatic carbocycles. The fraction of sp³-hybridized carbons (Fsp3) is 0.562. The van der Waals surface area contributed by atoms with Crippen LogP contribution in [0.25, 0.3) is 0 Å². The van der Waals surface area contributed by atoms with Crippen LogP contribution in [0.1, 0.15) is 33.1 Å². The molecule has 0 bridgehead atoms. The van der Waals surface area contributed by atoms with Crippen molar-refractivity contribution in [1.82, 2.24) is 5.32 Å². The molecule has 1 aromatic carbocycles. The van der Waals surface area contributed by atoms with Crippen molar-refractivity contribution < 1.29 is 9.53 Å². The van der Waals surface area contributed by atoms with Crippen molar-refractivity contribution in [2.24, 2.45) is 5.92 Å². The Kier molecular flexibility index (Phi) is 8.35. The van der Waals surface area contributed by atoms with Crippen molar-refractivity contribution in [1.29, 1.82) is 0 Å². The van der Waals surface area contributed by atoms with Crippen LogP contribution in [-0.2, 0) is 4.79 Å². The Morgan fingerprint density at radius 3 is 2.50 bits per heavy atom. The summed E-state index contributed by atoms with van der Waals surface area (Å²) in [6, 6.07) is 9.55. The first kappa shape index (κ1) is 17.0. The number of hydrogen-bond donors (Lipinski definition) is 1. The highest BCUT2D eigenvalue weighted by molar-refractivity contribution is 9.09. The van der Waals surface area contributed by atoms with Crippen LogP contribution in [0.4, 0.5) is 0 Å². The van der Waals surface area contributed by atoms with Gasteiger partial charge in [0.05, 0.1) is 13.0 Å². The largest absolute Gasteiger partial charge is 0.493 e. The number of rotatable bonds is 9. The van der Waals surface area contributed by atoms with E-state index >= 15 is 0 Å². The summed E-state index contributed by atoms with van der Waals surface area (Å²) in [5, 5.41) is 2.95. The highest BCUT2D eigenvalue weighted by Gasteiger charge is 2.15. The number of benzene rings is 1. The third-order valence-corrected chi connectivity index (χ3v) is 4.47. The molecule has 4 heteroatoms. The zero-order valence-corrected chi connectivity index (χ0v) is 13.9. The molecule has 20 heavy (non-hydrogen) atoms. The van der Waals surface area contributed by atoms with E-state index in [2.05, 4.69) is 35.1 Å². The van der Waals surface area contributed by atoms with Crippen molar-refractivity contribution >= 4 is 21.8 Å². The molecule has 0 saturated heterocycles. The van der Waals surface area contributed by atoms with Gasteiger partial charge in [-0.25, -0.2) is 0 Å². The minimum atomic E-state index is 0.0383. The number of carbonyl (C=O) groups excluding carboxylic acids is 1. The molecular formula is C16H24BrNO2. The van der Waals surface area contributed by atoms with Gasteiger partial charge in [0, 0.05) is 11.4 Å². The summed E-state index contributed by atoms with van der Waals surface area (Å²) in [7, 11) is 0. The topological polar surface area (TPSA) is 38.3 Å². The second-order valence-corrected chi connectivity index (χ2v) is 5.98. The molecule has 1 unspecified atom stereocenters. The van der Waals surface area contributed by atoms with Crippen molar-refractivity contribution in [3.8, 4) is 5.75 Å². The molecule has 1 rings (SSSR count). The summed E-state index contributed by atoms with van der Waals surface area (Å²) in [4.78, 5) is 12.1. The van der Waals surface area contributed by atoms with E-state index in [0.717, 1.165) is 18.6 Å². The SMILES string of the molecule is CCC(CC)C(Br)CNC(=O)CCOc1ccccc1. The maximum absolute atomic E-state index is 11.7. The first-order valence-electron chi connectivity index (χ1n) is 7.26. The Morgan fingerprint density at radius 1 is 1.25 bits per heavy atom. The molecule has 0 heterocycles. The normalized spacial score (nSPS) is 12.2. The predicted molar refractivity (Wildman–Crippen MR) is 86.4 cm³/mol. The number of nitrogens with one attached hydrogen (secondary N) is 1. The molecule has 0 spiro atoms. The van der Waals surface area contributed by atoms with E-state index in [9.17, 15) is 4.79 Å². The highest BCUT2D eigenvalue weighted by atomic mass is 79.9. The fourth-order valence-electron chi connectivity index (χ4n) is 2.04. The minimum Gasteiger partial charge on any atom is -0.493 e. The van der Waals surface area contributed by atoms with Gasteiger partial charge in [-0.1, -0.05) is 60.8 Å². The number of carbonyl (C=O) groups is 1. The van der Waals surface area contributed by atoms with E-state index in [1.165, 1.54) is 0 Å². The molecule has 0 aromatic heterocycles. The minimum absolute atomic E-state index is 0.0383. The Balaban J connectivity index is 2.17. The van der Waals surface area contributed by atoms with E-state index in [4.69, 9.17) is 4.74 Å². The summed E-state index contributed by atoms with van der Waals surface area (Å²) in [5.74, 6) is 1.45. The molecule has 0 aliphatic heterocycles. The summed E-state index contributed by atoms with van der Waals surface area (Å²) in [6.07, 6.45) is 2.64. The standard InChI is InChI=1S/C16H24BrNO2/c1-3-13(4-2)15(17)12-18-16(19)10-11-20-14-8-6-5-7-9-14/h5-9,13,15H,3-4,10-12H2,1-2H3,(H,18,19). The highest BCUT2D eigenvalue weighted by Crippen LogP contribution is 2.19. The summed E-state index contributed by atoms with van der Waals surface area (Å²) < 4.78 is 5.50. The van der Waals surface area contributed by atoms with Gasteiger partial charge in [-0.3, -0.25) is 4.79 Å². The molecule has 1 atom stereocenters. The van der Waals surface area contributed by atoms with Gasteiger partial charge in [-0.05, 0) is 18.1 Å². The van der Waals surface area contributed by atoms with Crippen LogP contribution >= 0.6 is 15.9 Å². The molecule has 1 N–H and O–H groups in total. The monoisotopic (exact) mass is 341 g/mol. The Morgan fingerprint density at radius 2 is 1.90 bits per heavy atom. The maximum Gasteiger partial charge on any atom is 0.223 e. The third-order valence-electron chi connectivity index (χ3n) is 3.40. The molecule has 0 fully saturated rings. The van der Waals surface area contributed by atoms with E-state index < -0.39 is 0 Å². The van der Waals surface area contributed by atoms with Crippen LogP contribution < -0.4 is 10.1 Å². The van der Waals surface area contributed by atoms with Gasteiger partial charge in [0.2, 0.25) is 5.91 Å². The average molecular weight is 342 g/mol. The predicted octanol–water partition coefficient (Wildman–Crippen LogP) is 3.77. The van der Waals surface area contributed by atoms with Gasteiger partial charge in [-0.2, -0.15) is 0 Å². The van der Waals surface area contributed by atoms with Crippen molar-refractivity contribution in [3.05, 3.63) is 30.3 Å². The molecule has 0 radical (unpaired) electrons. The zero-order valence-electron chi connectivity index (χ0n) is 12.3. The van der Waals surface area contributed by atoms with Crippen LogP contribution in [0.15, 0.2) is 30.3 Å². The van der Waals surface area contributed by atoms with Crippen LogP contribution in [-0.4, -0.2) is 23.9 Å². The molecule has 3 nitrogen and oxygen atoms in total. The Bertz CT molecular complexity index is 379. The van der Waals surface area contributed by atoms with Crippen molar-refractivity contribution in [2.75, 3.05) is 13.2 Å². The Labute approximate surface area is 130 Å². The van der Waals surface area contributed by atoms with Crippen LogP contribution in [0, 0.1) is 5.92 Å². The molecule has 1 amide bonds. The van der Waals surface area contributed by atoms with Crippen LogP contribution in [0.5, 0.6) is 5.75 Å². The van der Waals surface area contributed by atoms with Gasteiger partial charge in [0.1, 0.15) is 5.75 Å². The van der Waals surface area contributed by atoms with Gasteiger partial charge in [0.25, 0.3) is 0 Å². The number of hydrogen-bond acceptors (Lipinski definition) is 2. The lowest BCUT2D eigenvalue weighted by Crippen LogP contribution is -2.33. The van der Waals surface area contributed by atoms with E-state index in [1.54, 1.807) is 0 Å². The molecular weight excluding hydrogens is 318 g/mol. The summed E-state index contributed by atoms with van der Waals surface area (Å²) >= 11 is 3.65. The lowest BCUT2D eigenvalue weighted by molar-refractivity contribution is -0.121. The molecule has 1 aromatic rings. The number of amides is 1.